The maximum atomic E-state index is 10.6. The molecule has 0 aromatic carbocycles. The Morgan fingerprint density at radius 1 is 1.41 bits per heavy atom. The van der Waals surface area contributed by atoms with Gasteiger partial charge in [-0.1, -0.05) is 0 Å². The quantitative estimate of drug-likeness (QED) is 0.622. The molecule has 0 fully saturated rings. The van der Waals surface area contributed by atoms with Crippen molar-refractivity contribution in [2.75, 3.05) is 0 Å². The Morgan fingerprint density at radius 2 is 2.18 bits per heavy atom. The predicted octanol–water partition coefficient (Wildman–Crippen LogP) is 2.76. The molecule has 2 rings (SSSR count). The lowest BCUT2D eigenvalue weighted by atomic mass is 10.3. The summed E-state index contributed by atoms with van der Waals surface area (Å²) < 4.78 is 2.72. The van der Waals surface area contributed by atoms with Crippen LogP contribution in [0.1, 0.15) is 5.56 Å². The standard InChI is InChI=1S/C9H6Br2N4O2/c10-7-1-6(2-12-3-7)4-14-5-8(11)9(13-14)15(16)17/h1-3,5H,4H2. The topological polar surface area (TPSA) is 73.8 Å². The van der Waals surface area contributed by atoms with Crippen LogP contribution in [0.4, 0.5) is 5.82 Å². The molecule has 88 valence electrons. The highest BCUT2D eigenvalue weighted by Crippen LogP contribution is 2.22. The summed E-state index contributed by atoms with van der Waals surface area (Å²) in [6.07, 6.45) is 4.93. The average Bonchev–Trinajstić information content (AvgIpc) is 2.59. The van der Waals surface area contributed by atoms with Gasteiger partial charge in [0, 0.05) is 16.9 Å². The molecule has 0 atom stereocenters. The van der Waals surface area contributed by atoms with Crippen LogP contribution in [0.15, 0.2) is 33.6 Å². The number of hydrogen-bond acceptors (Lipinski definition) is 4. The van der Waals surface area contributed by atoms with E-state index < -0.39 is 4.92 Å². The van der Waals surface area contributed by atoms with Gasteiger partial charge < -0.3 is 10.1 Å². The van der Waals surface area contributed by atoms with Crippen molar-refractivity contribution in [2.45, 2.75) is 6.54 Å². The highest BCUT2D eigenvalue weighted by molar-refractivity contribution is 9.10. The van der Waals surface area contributed by atoms with Crippen molar-refractivity contribution in [3.8, 4) is 0 Å². The Bertz CT molecular complexity index is 570. The number of nitro groups is 1. The molecular weight excluding hydrogens is 356 g/mol. The molecule has 6 nitrogen and oxygen atoms in total. The van der Waals surface area contributed by atoms with Gasteiger partial charge in [0.05, 0.1) is 17.8 Å². The molecule has 2 aromatic heterocycles. The second-order valence-corrected chi connectivity index (χ2v) is 5.04. The first kappa shape index (κ1) is 12.2. The molecule has 0 aliphatic heterocycles. The zero-order valence-electron chi connectivity index (χ0n) is 8.38. The second-order valence-electron chi connectivity index (χ2n) is 3.27. The summed E-state index contributed by atoms with van der Waals surface area (Å²) in [6, 6.07) is 1.88. The van der Waals surface area contributed by atoms with Crippen molar-refractivity contribution in [3.63, 3.8) is 0 Å². The first-order valence-electron chi connectivity index (χ1n) is 4.53. The second kappa shape index (κ2) is 4.92. The number of hydrogen-bond donors (Lipinski definition) is 0. The van der Waals surface area contributed by atoms with Crippen molar-refractivity contribution in [1.29, 1.82) is 0 Å². The molecule has 0 spiro atoms. The number of rotatable bonds is 3. The molecule has 2 aromatic rings. The molecule has 17 heavy (non-hydrogen) atoms. The molecule has 0 radical (unpaired) electrons. The molecule has 0 aliphatic carbocycles. The Morgan fingerprint density at radius 3 is 2.76 bits per heavy atom. The van der Waals surface area contributed by atoms with Gasteiger partial charge in [-0.2, -0.15) is 4.68 Å². The minimum absolute atomic E-state index is 0.187. The van der Waals surface area contributed by atoms with Crippen LogP contribution in [-0.2, 0) is 6.54 Å². The van der Waals surface area contributed by atoms with Gasteiger partial charge in [-0.15, -0.1) is 0 Å². The van der Waals surface area contributed by atoms with Gasteiger partial charge in [0.25, 0.3) is 0 Å². The Labute approximate surface area is 113 Å². The van der Waals surface area contributed by atoms with E-state index in [1.165, 1.54) is 4.68 Å². The van der Waals surface area contributed by atoms with Crippen LogP contribution in [0.3, 0.4) is 0 Å². The van der Waals surface area contributed by atoms with Crippen LogP contribution in [-0.4, -0.2) is 19.7 Å². The van der Waals surface area contributed by atoms with E-state index in [0.717, 1.165) is 10.0 Å². The molecule has 0 amide bonds. The van der Waals surface area contributed by atoms with Crippen molar-refractivity contribution in [2.24, 2.45) is 0 Å². The summed E-state index contributed by atoms with van der Waals surface area (Å²) in [5, 5.41) is 14.5. The summed E-state index contributed by atoms with van der Waals surface area (Å²) in [4.78, 5) is 14.1. The molecule has 0 aliphatic rings. The lowest BCUT2D eigenvalue weighted by Crippen LogP contribution is -2.01. The van der Waals surface area contributed by atoms with Crippen molar-refractivity contribution < 1.29 is 4.92 Å². The third kappa shape index (κ3) is 2.89. The number of pyridine rings is 1. The van der Waals surface area contributed by atoms with E-state index >= 15 is 0 Å². The monoisotopic (exact) mass is 360 g/mol. The first-order chi connectivity index (χ1) is 8.06. The number of aromatic nitrogens is 3. The summed E-state index contributed by atoms with van der Waals surface area (Å²) in [6.45, 7) is 0.429. The number of halogens is 2. The van der Waals surface area contributed by atoms with E-state index in [2.05, 4.69) is 41.9 Å². The Hall–Kier alpha value is -1.28. The van der Waals surface area contributed by atoms with Crippen LogP contribution in [0.5, 0.6) is 0 Å². The van der Waals surface area contributed by atoms with Crippen LogP contribution in [0.25, 0.3) is 0 Å². The smallest absolute Gasteiger partial charge is 0.358 e. The molecule has 0 N–H and O–H groups in total. The normalized spacial score (nSPS) is 10.5. The minimum atomic E-state index is -0.528. The van der Waals surface area contributed by atoms with E-state index in [4.69, 9.17) is 0 Å². The van der Waals surface area contributed by atoms with Crippen molar-refractivity contribution >= 4 is 37.7 Å². The van der Waals surface area contributed by atoms with Crippen molar-refractivity contribution in [3.05, 3.63) is 49.3 Å². The van der Waals surface area contributed by atoms with Crippen LogP contribution >= 0.6 is 31.9 Å². The van der Waals surface area contributed by atoms with Crippen LogP contribution in [0.2, 0.25) is 0 Å². The summed E-state index contributed by atoms with van der Waals surface area (Å²) in [7, 11) is 0. The SMILES string of the molecule is O=[N+]([O-])c1nn(Cc2cncc(Br)c2)cc1Br. The lowest BCUT2D eigenvalue weighted by molar-refractivity contribution is -0.390. The minimum Gasteiger partial charge on any atom is -0.358 e. The molecule has 0 bridgehead atoms. The molecule has 2 heterocycles. The third-order valence-corrected chi connectivity index (χ3v) is 2.97. The summed E-state index contributed by atoms with van der Waals surface area (Å²) in [5.41, 5.74) is 0.907. The molecular formula is C9H6Br2N4O2. The van der Waals surface area contributed by atoms with Gasteiger partial charge in [-0.05, 0) is 48.4 Å². The molecule has 8 heteroatoms. The molecule has 0 unspecified atom stereocenters. The van der Waals surface area contributed by atoms with E-state index in [-0.39, 0.29) is 5.82 Å². The first-order valence-corrected chi connectivity index (χ1v) is 6.11. The van der Waals surface area contributed by atoms with E-state index in [1.54, 1.807) is 18.6 Å². The van der Waals surface area contributed by atoms with Crippen LogP contribution in [0, 0.1) is 10.1 Å². The van der Waals surface area contributed by atoms with Crippen LogP contribution < -0.4 is 0 Å². The third-order valence-electron chi connectivity index (χ3n) is 1.98. The Balaban J connectivity index is 2.25. The lowest BCUT2D eigenvalue weighted by Gasteiger charge is -1.97. The summed E-state index contributed by atoms with van der Waals surface area (Å²) in [5.74, 6) is -0.187. The predicted molar refractivity (Wildman–Crippen MR) is 67.6 cm³/mol. The molecule has 0 saturated carbocycles. The molecule has 0 saturated heterocycles. The zero-order chi connectivity index (χ0) is 12.4. The van der Waals surface area contributed by atoms with Gasteiger partial charge in [0.2, 0.25) is 0 Å². The van der Waals surface area contributed by atoms with Gasteiger partial charge in [-0.3, -0.25) is 4.98 Å². The van der Waals surface area contributed by atoms with Gasteiger partial charge in [0.1, 0.15) is 4.47 Å². The van der Waals surface area contributed by atoms with E-state index in [1.807, 2.05) is 6.07 Å². The van der Waals surface area contributed by atoms with Gasteiger partial charge >= 0.3 is 5.82 Å². The fourth-order valence-corrected chi connectivity index (χ4v) is 2.19. The maximum absolute atomic E-state index is 10.6. The van der Waals surface area contributed by atoms with Gasteiger partial charge in [-0.25, -0.2) is 0 Å². The Kier molecular flexibility index (Phi) is 3.53. The van der Waals surface area contributed by atoms with E-state index in [0.29, 0.717) is 11.0 Å². The van der Waals surface area contributed by atoms with Gasteiger partial charge in [0.15, 0.2) is 0 Å². The fourth-order valence-electron chi connectivity index (χ4n) is 1.32. The largest absolute Gasteiger partial charge is 0.404 e. The number of nitrogens with zero attached hydrogens (tertiary/aromatic N) is 4. The zero-order valence-corrected chi connectivity index (χ0v) is 11.5. The van der Waals surface area contributed by atoms with E-state index in [9.17, 15) is 10.1 Å². The fraction of sp³-hybridized carbons (Fsp3) is 0.111. The highest BCUT2D eigenvalue weighted by Gasteiger charge is 2.18. The highest BCUT2D eigenvalue weighted by atomic mass is 79.9. The average molecular weight is 362 g/mol. The maximum Gasteiger partial charge on any atom is 0.404 e. The summed E-state index contributed by atoms with van der Waals surface area (Å²) >= 11 is 6.40. The van der Waals surface area contributed by atoms with Crippen molar-refractivity contribution in [1.82, 2.24) is 14.8 Å².